The molecule has 2 heterocycles. The zero-order chi connectivity index (χ0) is 13.9. The summed E-state index contributed by atoms with van der Waals surface area (Å²) in [5.74, 6) is 0.503. The molecule has 2 nitrogen and oxygen atoms in total. The van der Waals surface area contributed by atoms with Crippen molar-refractivity contribution in [1.82, 2.24) is 10.3 Å². The highest BCUT2D eigenvalue weighted by molar-refractivity contribution is 9.11. The van der Waals surface area contributed by atoms with Crippen molar-refractivity contribution in [3.63, 3.8) is 0 Å². The Hall–Kier alpha value is -0.710. The van der Waals surface area contributed by atoms with Gasteiger partial charge >= 0.3 is 0 Å². The summed E-state index contributed by atoms with van der Waals surface area (Å²) in [7, 11) is 0. The van der Waals surface area contributed by atoms with Gasteiger partial charge in [-0.25, -0.2) is 0 Å². The molecule has 1 aliphatic rings. The third-order valence-electron chi connectivity index (χ3n) is 3.92. The molecule has 0 fully saturated rings. The third-order valence-corrected chi connectivity index (χ3v) is 5.63. The molecule has 2 unspecified atom stereocenters. The quantitative estimate of drug-likeness (QED) is 0.846. The summed E-state index contributed by atoms with van der Waals surface area (Å²) >= 11 is 5.42. The maximum Gasteiger partial charge on any atom is 0.0701 e. The van der Waals surface area contributed by atoms with Gasteiger partial charge in [-0.15, -0.1) is 11.3 Å². The molecule has 20 heavy (non-hydrogen) atoms. The van der Waals surface area contributed by atoms with Gasteiger partial charge in [0.1, 0.15) is 0 Å². The van der Waals surface area contributed by atoms with Gasteiger partial charge < -0.3 is 5.32 Å². The van der Waals surface area contributed by atoms with E-state index in [2.05, 4.69) is 57.4 Å². The first-order chi connectivity index (χ1) is 9.79. The van der Waals surface area contributed by atoms with E-state index in [9.17, 15) is 0 Å². The van der Waals surface area contributed by atoms with Crippen LogP contribution in [0.4, 0.5) is 0 Å². The maximum atomic E-state index is 4.65. The molecule has 0 radical (unpaired) electrons. The fourth-order valence-corrected chi connectivity index (χ4v) is 4.57. The van der Waals surface area contributed by atoms with E-state index in [0.717, 1.165) is 19.4 Å². The fraction of sp³-hybridized carbons (Fsp3) is 0.438. The molecule has 0 bridgehead atoms. The number of hydrogen-bond acceptors (Lipinski definition) is 3. The van der Waals surface area contributed by atoms with Crippen molar-refractivity contribution < 1.29 is 0 Å². The van der Waals surface area contributed by atoms with Gasteiger partial charge in [-0.2, -0.15) is 0 Å². The van der Waals surface area contributed by atoms with Crippen LogP contribution in [0, 0.1) is 0 Å². The molecule has 1 N–H and O–H groups in total. The van der Waals surface area contributed by atoms with Gasteiger partial charge in [-0.05, 0) is 65.5 Å². The number of hydrogen-bond donors (Lipinski definition) is 1. The second kappa shape index (κ2) is 6.37. The van der Waals surface area contributed by atoms with Crippen molar-refractivity contribution in [2.75, 3.05) is 6.54 Å². The van der Waals surface area contributed by atoms with Gasteiger partial charge in [-0.3, -0.25) is 4.98 Å². The zero-order valence-electron chi connectivity index (χ0n) is 11.6. The van der Waals surface area contributed by atoms with Crippen molar-refractivity contribution in [2.24, 2.45) is 0 Å². The second-order valence-corrected chi connectivity index (χ2v) is 7.76. The number of nitrogens with zero attached hydrogens (tertiary/aromatic N) is 1. The molecule has 0 amide bonds. The van der Waals surface area contributed by atoms with Crippen molar-refractivity contribution in [2.45, 2.75) is 38.1 Å². The van der Waals surface area contributed by atoms with E-state index in [0.29, 0.717) is 12.0 Å². The van der Waals surface area contributed by atoms with Gasteiger partial charge in [0.05, 0.1) is 3.79 Å². The lowest BCUT2D eigenvalue weighted by molar-refractivity contribution is 0.443. The predicted octanol–water partition coefficient (Wildman–Crippen LogP) is 4.68. The van der Waals surface area contributed by atoms with E-state index < -0.39 is 0 Å². The smallest absolute Gasteiger partial charge is 0.0701 e. The van der Waals surface area contributed by atoms with Crippen molar-refractivity contribution in [3.8, 4) is 0 Å². The van der Waals surface area contributed by atoms with E-state index in [1.165, 1.54) is 26.3 Å². The topological polar surface area (TPSA) is 24.9 Å². The van der Waals surface area contributed by atoms with E-state index >= 15 is 0 Å². The first kappa shape index (κ1) is 14.2. The average Bonchev–Trinajstić information content (AvgIpc) is 3.07. The van der Waals surface area contributed by atoms with Crippen molar-refractivity contribution in [3.05, 3.63) is 50.4 Å². The van der Waals surface area contributed by atoms with Gasteiger partial charge in [-0.1, -0.05) is 13.0 Å². The van der Waals surface area contributed by atoms with Crippen LogP contribution >= 0.6 is 27.3 Å². The molecular weight excluding hydrogens is 332 g/mol. The van der Waals surface area contributed by atoms with Crippen LogP contribution in [-0.2, 0) is 6.42 Å². The summed E-state index contributed by atoms with van der Waals surface area (Å²) in [4.78, 5) is 6.07. The highest BCUT2D eigenvalue weighted by Gasteiger charge is 2.32. The molecule has 4 heteroatoms. The van der Waals surface area contributed by atoms with Crippen LogP contribution in [0.3, 0.4) is 0 Å². The Bertz CT molecular complexity index is 581. The van der Waals surface area contributed by atoms with E-state index in [-0.39, 0.29) is 0 Å². The predicted molar refractivity (Wildman–Crippen MR) is 88.4 cm³/mol. The summed E-state index contributed by atoms with van der Waals surface area (Å²) < 4.78 is 1.20. The van der Waals surface area contributed by atoms with Crippen LogP contribution < -0.4 is 5.32 Å². The van der Waals surface area contributed by atoms with E-state index in [1.807, 2.05) is 17.5 Å². The Kier molecular flexibility index (Phi) is 4.54. The van der Waals surface area contributed by atoms with Crippen LogP contribution in [0.15, 0.2) is 34.2 Å². The number of thiophene rings is 1. The van der Waals surface area contributed by atoms with Crippen molar-refractivity contribution >= 4 is 27.3 Å². The molecule has 2 atom stereocenters. The van der Waals surface area contributed by atoms with Gasteiger partial charge in [0.15, 0.2) is 0 Å². The van der Waals surface area contributed by atoms with Crippen LogP contribution in [0.1, 0.15) is 47.9 Å². The largest absolute Gasteiger partial charge is 0.309 e. The van der Waals surface area contributed by atoms with Crippen LogP contribution in [-0.4, -0.2) is 11.5 Å². The van der Waals surface area contributed by atoms with Crippen LogP contribution in [0.2, 0.25) is 0 Å². The first-order valence-corrected chi connectivity index (χ1v) is 8.83. The summed E-state index contributed by atoms with van der Waals surface area (Å²) in [5.41, 5.74) is 2.72. The summed E-state index contributed by atoms with van der Waals surface area (Å²) in [6.45, 7) is 3.27. The number of rotatable bonds is 5. The summed E-state index contributed by atoms with van der Waals surface area (Å²) in [5, 5.41) is 3.73. The molecule has 3 rings (SSSR count). The first-order valence-electron chi connectivity index (χ1n) is 7.22. The third kappa shape index (κ3) is 2.83. The van der Waals surface area contributed by atoms with Gasteiger partial charge in [0.2, 0.25) is 0 Å². The molecule has 0 spiro atoms. The number of fused-ring (bicyclic) bond motifs is 1. The fourth-order valence-electron chi connectivity index (χ4n) is 3.00. The van der Waals surface area contributed by atoms with Crippen molar-refractivity contribution in [1.29, 1.82) is 0 Å². The van der Waals surface area contributed by atoms with Gasteiger partial charge in [0.25, 0.3) is 0 Å². The highest BCUT2D eigenvalue weighted by atomic mass is 79.9. The molecule has 0 saturated carbocycles. The minimum absolute atomic E-state index is 0.391. The monoisotopic (exact) mass is 350 g/mol. The number of aryl methyl sites for hydroxylation is 1. The maximum absolute atomic E-state index is 4.65. The number of aromatic nitrogens is 1. The Morgan fingerprint density at radius 1 is 1.45 bits per heavy atom. The lowest BCUT2D eigenvalue weighted by Crippen LogP contribution is -2.26. The molecule has 0 aliphatic heterocycles. The van der Waals surface area contributed by atoms with E-state index in [4.69, 9.17) is 0 Å². The van der Waals surface area contributed by atoms with Crippen LogP contribution in [0.5, 0.6) is 0 Å². The lowest BCUT2D eigenvalue weighted by Gasteiger charge is -2.24. The molecule has 2 aromatic heterocycles. The molecule has 0 saturated heterocycles. The second-order valence-electron chi connectivity index (χ2n) is 5.27. The lowest BCUT2D eigenvalue weighted by atomic mass is 9.95. The Labute approximate surface area is 132 Å². The Morgan fingerprint density at radius 2 is 2.35 bits per heavy atom. The standard InChI is InChI=1S/C16H19BrN2S/c1-2-9-18-16(13-7-8-14(17)20-13)12-6-5-11-4-3-10-19-15(11)12/h3-4,7-8,10,12,16,18H,2,5-6,9H2,1H3. The summed E-state index contributed by atoms with van der Waals surface area (Å²) in [6, 6.07) is 9.06. The Balaban J connectivity index is 1.90. The normalized spacial score (nSPS) is 19.0. The van der Waals surface area contributed by atoms with Gasteiger partial charge in [0, 0.05) is 28.7 Å². The number of pyridine rings is 1. The SMILES string of the molecule is CCCNC(c1ccc(Br)s1)C1CCc2cccnc21. The number of halogens is 1. The average molecular weight is 351 g/mol. The minimum atomic E-state index is 0.391. The molecule has 106 valence electrons. The highest BCUT2D eigenvalue weighted by Crippen LogP contribution is 2.42. The summed E-state index contributed by atoms with van der Waals surface area (Å²) in [6.07, 6.45) is 5.44. The van der Waals surface area contributed by atoms with Crippen LogP contribution in [0.25, 0.3) is 0 Å². The Morgan fingerprint density at radius 3 is 3.10 bits per heavy atom. The minimum Gasteiger partial charge on any atom is -0.309 e. The zero-order valence-corrected chi connectivity index (χ0v) is 14.0. The molecule has 1 aliphatic carbocycles. The van der Waals surface area contributed by atoms with E-state index in [1.54, 1.807) is 0 Å². The molecular formula is C16H19BrN2S. The molecule has 2 aromatic rings. The number of nitrogens with one attached hydrogen (secondary N) is 1. The molecule has 0 aromatic carbocycles.